The molecule has 23 heavy (non-hydrogen) atoms. The molecule has 124 valence electrons. The van der Waals surface area contributed by atoms with Crippen molar-refractivity contribution in [2.24, 2.45) is 5.10 Å². The van der Waals surface area contributed by atoms with Gasteiger partial charge in [-0.05, 0) is 32.4 Å². The molecule has 1 atom stereocenters. The van der Waals surface area contributed by atoms with Gasteiger partial charge in [0, 0.05) is 23.5 Å². The number of rotatable bonds is 5. The molecule has 1 unspecified atom stereocenters. The van der Waals surface area contributed by atoms with Gasteiger partial charge in [0.1, 0.15) is 5.76 Å². The molecule has 0 saturated heterocycles. The van der Waals surface area contributed by atoms with E-state index in [0.29, 0.717) is 0 Å². The highest BCUT2D eigenvalue weighted by Crippen LogP contribution is 2.19. The molecule has 0 aliphatic heterocycles. The summed E-state index contributed by atoms with van der Waals surface area (Å²) in [6.07, 6.45) is 12.7. The van der Waals surface area contributed by atoms with Gasteiger partial charge < -0.3 is 10.2 Å². The van der Waals surface area contributed by atoms with E-state index in [4.69, 9.17) is 4.74 Å². The molecular weight excluding hydrogens is 286 g/mol. The van der Waals surface area contributed by atoms with Gasteiger partial charge in [-0.1, -0.05) is 38.1 Å². The van der Waals surface area contributed by atoms with Gasteiger partial charge in [0.2, 0.25) is 0 Å². The predicted molar refractivity (Wildman–Crippen MR) is 97.3 cm³/mol. The Morgan fingerprint density at radius 3 is 2.83 bits per heavy atom. The lowest BCUT2D eigenvalue weighted by atomic mass is 10.1. The minimum absolute atomic E-state index is 0.0720. The summed E-state index contributed by atoms with van der Waals surface area (Å²) in [6, 6.07) is 3.97. The van der Waals surface area contributed by atoms with Gasteiger partial charge in [-0.15, -0.1) is 0 Å². The summed E-state index contributed by atoms with van der Waals surface area (Å²) in [4.78, 5) is 4.10. The molecule has 1 aliphatic carbocycles. The number of allylic oxidation sites excluding steroid dienone is 4. The lowest BCUT2D eigenvalue weighted by Crippen LogP contribution is -2.25. The van der Waals surface area contributed by atoms with Crippen molar-refractivity contribution < 1.29 is 4.74 Å². The molecule has 0 aromatic carbocycles. The molecule has 0 saturated carbocycles. The molecule has 0 amide bonds. The van der Waals surface area contributed by atoms with Crippen LogP contribution in [0.3, 0.4) is 0 Å². The summed E-state index contributed by atoms with van der Waals surface area (Å²) in [7, 11) is 1.69. The number of pyridine rings is 1. The zero-order valence-corrected chi connectivity index (χ0v) is 14.7. The standard InChI is InChI=1S/C17H21N3O.C2H6/c1-13(15-8-7-11-18-12-15)19-20-14(2)16-9-5-4-6-10-17(16)21-3;1-2/h4,6-12,14,20H,5H2,1-3H3;1-2H3/b19-13+;. The summed E-state index contributed by atoms with van der Waals surface area (Å²) in [5, 5.41) is 4.45. The highest BCUT2D eigenvalue weighted by Gasteiger charge is 2.14. The maximum Gasteiger partial charge on any atom is 0.123 e. The van der Waals surface area contributed by atoms with E-state index >= 15 is 0 Å². The Balaban J connectivity index is 0.00000127. The van der Waals surface area contributed by atoms with Crippen molar-refractivity contribution in [1.82, 2.24) is 10.4 Å². The minimum Gasteiger partial charge on any atom is -0.496 e. The van der Waals surface area contributed by atoms with Gasteiger partial charge in [0.25, 0.3) is 0 Å². The Morgan fingerprint density at radius 1 is 1.39 bits per heavy atom. The summed E-state index contributed by atoms with van der Waals surface area (Å²) < 4.78 is 5.44. The van der Waals surface area contributed by atoms with E-state index in [0.717, 1.165) is 29.0 Å². The molecule has 1 aromatic rings. The fraction of sp³-hybridized carbons (Fsp3) is 0.368. The van der Waals surface area contributed by atoms with Crippen LogP contribution in [-0.2, 0) is 4.74 Å². The average molecular weight is 313 g/mol. The number of nitrogens with one attached hydrogen (secondary N) is 1. The first-order valence-corrected chi connectivity index (χ1v) is 8.04. The molecule has 1 aliphatic rings. The maximum atomic E-state index is 5.44. The Kier molecular flexibility index (Phi) is 8.43. The first kappa shape index (κ1) is 18.7. The summed E-state index contributed by atoms with van der Waals surface area (Å²) in [5.74, 6) is 0.873. The van der Waals surface area contributed by atoms with Gasteiger partial charge in [-0.2, -0.15) is 5.10 Å². The highest BCUT2D eigenvalue weighted by atomic mass is 16.5. The fourth-order valence-corrected chi connectivity index (χ4v) is 2.11. The number of aromatic nitrogens is 1. The van der Waals surface area contributed by atoms with E-state index in [2.05, 4.69) is 34.6 Å². The molecular formula is C19H27N3O. The van der Waals surface area contributed by atoms with Crippen LogP contribution in [-0.4, -0.2) is 23.8 Å². The minimum atomic E-state index is 0.0720. The molecule has 0 radical (unpaired) electrons. The van der Waals surface area contributed by atoms with Crippen molar-refractivity contribution in [3.8, 4) is 0 Å². The zero-order chi connectivity index (χ0) is 17.1. The zero-order valence-electron chi connectivity index (χ0n) is 14.7. The Hall–Kier alpha value is -2.36. The predicted octanol–water partition coefficient (Wildman–Crippen LogP) is 4.23. The van der Waals surface area contributed by atoms with E-state index in [9.17, 15) is 0 Å². The third kappa shape index (κ3) is 5.74. The van der Waals surface area contributed by atoms with Gasteiger partial charge in [0.15, 0.2) is 0 Å². The van der Waals surface area contributed by atoms with E-state index in [-0.39, 0.29) is 6.04 Å². The van der Waals surface area contributed by atoms with Crippen LogP contribution in [0.5, 0.6) is 0 Å². The number of nitrogens with zero attached hydrogens (tertiary/aromatic N) is 2. The Bertz CT molecular complexity index is 586. The average Bonchev–Trinajstić information content (AvgIpc) is 2.87. The molecule has 0 bridgehead atoms. The van der Waals surface area contributed by atoms with Crippen LogP contribution in [0.15, 0.2) is 65.3 Å². The van der Waals surface area contributed by atoms with Crippen LogP contribution in [0, 0.1) is 0 Å². The quantitative estimate of drug-likeness (QED) is 0.654. The first-order chi connectivity index (χ1) is 11.2. The van der Waals surface area contributed by atoms with Crippen molar-refractivity contribution in [1.29, 1.82) is 0 Å². The Labute approximate surface area is 139 Å². The topological polar surface area (TPSA) is 46.5 Å². The van der Waals surface area contributed by atoms with Gasteiger partial charge in [0.05, 0.1) is 18.9 Å². The number of ether oxygens (including phenoxy) is 1. The molecule has 1 heterocycles. The van der Waals surface area contributed by atoms with Crippen molar-refractivity contribution in [3.05, 3.63) is 65.7 Å². The number of hydrogen-bond donors (Lipinski definition) is 1. The number of hydrazone groups is 1. The van der Waals surface area contributed by atoms with Crippen LogP contribution in [0.4, 0.5) is 0 Å². The van der Waals surface area contributed by atoms with E-state index in [1.807, 2.05) is 45.1 Å². The van der Waals surface area contributed by atoms with E-state index in [1.165, 1.54) is 0 Å². The van der Waals surface area contributed by atoms with Crippen LogP contribution < -0.4 is 5.43 Å². The first-order valence-electron chi connectivity index (χ1n) is 8.04. The molecule has 0 fully saturated rings. The molecule has 4 heteroatoms. The number of hydrogen-bond acceptors (Lipinski definition) is 4. The largest absolute Gasteiger partial charge is 0.496 e. The van der Waals surface area contributed by atoms with Gasteiger partial charge >= 0.3 is 0 Å². The van der Waals surface area contributed by atoms with Gasteiger partial charge in [-0.25, -0.2) is 0 Å². The summed E-state index contributed by atoms with van der Waals surface area (Å²) in [6.45, 7) is 8.04. The lowest BCUT2D eigenvalue weighted by Gasteiger charge is -2.18. The van der Waals surface area contributed by atoms with E-state index in [1.54, 1.807) is 19.5 Å². The van der Waals surface area contributed by atoms with Crippen LogP contribution >= 0.6 is 0 Å². The van der Waals surface area contributed by atoms with Crippen molar-refractivity contribution in [2.45, 2.75) is 40.2 Å². The maximum absolute atomic E-state index is 5.44. The SMILES string of the molecule is CC.COC1=CC=CCC=C1C(C)N/N=C(\C)c1cccnc1. The highest BCUT2D eigenvalue weighted by molar-refractivity contribution is 5.98. The summed E-state index contributed by atoms with van der Waals surface area (Å²) in [5.41, 5.74) is 6.22. The Morgan fingerprint density at radius 2 is 2.17 bits per heavy atom. The second-order valence-electron chi connectivity index (χ2n) is 4.85. The summed E-state index contributed by atoms with van der Waals surface area (Å²) >= 11 is 0. The van der Waals surface area contributed by atoms with Crippen LogP contribution in [0.1, 0.15) is 39.7 Å². The number of methoxy groups -OCH3 is 1. The van der Waals surface area contributed by atoms with Crippen molar-refractivity contribution in [2.75, 3.05) is 7.11 Å². The normalized spacial score (nSPS) is 15.4. The van der Waals surface area contributed by atoms with Crippen LogP contribution in [0.2, 0.25) is 0 Å². The third-order valence-electron chi connectivity index (χ3n) is 3.33. The molecule has 1 aromatic heterocycles. The van der Waals surface area contributed by atoms with Crippen molar-refractivity contribution in [3.63, 3.8) is 0 Å². The molecule has 4 nitrogen and oxygen atoms in total. The smallest absolute Gasteiger partial charge is 0.123 e. The van der Waals surface area contributed by atoms with E-state index < -0.39 is 0 Å². The second kappa shape index (κ2) is 10.4. The fourth-order valence-electron chi connectivity index (χ4n) is 2.11. The molecule has 1 N–H and O–H groups in total. The molecule has 2 rings (SSSR count). The molecule has 0 spiro atoms. The lowest BCUT2D eigenvalue weighted by molar-refractivity contribution is 0.294. The third-order valence-corrected chi connectivity index (χ3v) is 3.33. The van der Waals surface area contributed by atoms with Crippen molar-refractivity contribution >= 4 is 5.71 Å². The monoisotopic (exact) mass is 313 g/mol. The van der Waals surface area contributed by atoms with Crippen LogP contribution in [0.25, 0.3) is 0 Å². The van der Waals surface area contributed by atoms with Gasteiger partial charge in [-0.3, -0.25) is 4.98 Å². The second-order valence-corrected chi connectivity index (χ2v) is 4.85.